The second-order valence-electron chi connectivity index (χ2n) is 4.09. The molecule has 1 aromatic rings. The minimum atomic E-state index is -0.354. The molecule has 94 valence electrons. The third-order valence-corrected chi connectivity index (χ3v) is 2.69. The molecule has 4 N–H and O–H groups in total. The smallest absolute Gasteiger partial charge is 0.222 e. The summed E-state index contributed by atoms with van der Waals surface area (Å²) in [6.45, 7) is 1.83. The Bertz CT molecular complexity index is 341. The highest BCUT2D eigenvalue weighted by atomic mass is 16.3. The zero-order chi connectivity index (χ0) is 12.7. The lowest BCUT2D eigenvalue weighted by atomic mass is 10.1. The topological polar surface area (TPSA) is 75.4 Å². The maximum absolute atomic E-state index is 11.7. The van der Waals surface area contributed by atoms with Gasteiger partial charge in [-0.15, -0.1) is 0 Å². The predicted octanol–water partition coefficient (Wildman–Crippen LogP) is 0.964. The standard InChI is InChI=1S/C13H20N2O2/c1-2-11(14)8-13(17)15-12(9-16)10-6-4-3-5-7-10/h3-7,11-12,16H,2,8-9,14H2,1H3,(H,15,17)/t11?,12-/m1/s1. The van der Waals surface area contributed by atoms with Crippen molar-refractivity contribution in [2.24, 2.45) is 5.73 Å². The van der Waals surface area contributed by atoms with E-state index < -0.39 is 0 Å². The van der Waals surface area contributed by atoms with Crippen LogP contribution < -0.4 is 11.1 Å². The fourth-order valence-corrected chi connectivity index (χ4v) is 1.56. The first-order chi connectivity index (χ1) is 8.17. The number of hydrogen-bond acceptors (Lipinski definition) is 3. The molecule has 0 aliphatic rings. The van der Waals surface area contributed by atoms with Gasteiger partial charge in [-0.05, 0) is 12.0 Å². The van der Waals surface area contributed by atoms with E-state index in [2.05, 4.69) is 5.32 Å². The van der Waals surface area contributed by atoms with Crippen LogP contribution in [0.4, 0.5) is 0 Å². The minimum absolute atomic E-state index is 0.114. The number of benzene rings is 1. The van der Waals surface area contributed by atoms with Crippen molar-refractivity contribution in [2.75, 3.05) is 6.61 Å². The van der Waals surface area contributed by atoms with Crippen LogP contribution in [-0.2, 0) is 4.79 Å². The summed E-state index contributed by atoms with van der Waals surface area (Å²) in [6, 6.07) is 8.93. The van der Waals surface area contributed by atoms with Crippen molar-refractivity contribution in [1.82, 2.24) is 5.32 Å². The van der Waals surface area contributed by atoms with Gasteiger partial charge in [-0.3, -0.25) is 4.79 Å². The first kappa shape index (κ1) is 13.7. The van der Waals surface area contributed by atoms with Gasteiger partial charge in [0.1, 0.15) is 0 Å². The summed E-state index contributed by atoms with van der Waals surface area (Å²) in [5, 5.41) is 12.1. The van der Waals surface area contributed by atoms with Crippen molar-refractivity contribution in [3.63, 3.8) is 0 Å². The number of carbonyl (C=O) groups excluding carboxylic acids is 1. The second kappa shape index (κ2) is 7.04. The van der Waals surface area contributed by atoms with Crippen LogP contribution in [0.5, 0.6) is 0 Å². The summed E-state index contributed by atoms with van der Waals surface area (Å²) in [6.07, 6.45) is 1.06. The van der Waals surface area contributed by atoms with Gasteiger partial charge in [0.25, 0.3) is 0 Å². The number of hydrogen-bond donors (Lipinski definition) is 3. The van der Waals surface area contributed by atoms with Gasteiger partial charge in [0.05, 0.1) is 12.6 Å². The fraction of sp³-hybridized carbons (Fsp3) is 0.462. The van der Waals surface area contributed by atoms with Crippen molar-refractivity contribution in [1.29, 1.82) is 0 Å². The second-order valence-corrected chi connectivity index (χ2v) is 4.09. The maximum Gasteiger partial charge on any atom is 0.222 e. The number of carbonyl (C=O) groups is 1. The van der Waals surface area contributed by atoms with Crippen molar-refractivity contribution in [2.45, 2.75) is 31.8 Å². The van der Waals surface area contributed by atoms with Crippen molar-refractivity contribution >= 4 is 5.91 Å². The van der Waals surface area contributed by atoms with Gasteiger partial charge in [0.15, 0.2) is 0 Å². The van der Waals surface area contributed by atoms with Gasteiger partial charge in [-0.1, -0.05) is 37.3 Å². The van der Waals surface area contributed by atoms with E-state index in [-0.39, 0.29) is 24.6 Å². The molecular formula is C13H20N2O2. The Morgan fingerprint density at radius 1 is 1.41 bits per heavy atom. The van der Waals surface area contributed by atoms with Gasteiger partial charge < -0.3 is 16.2 Å². The van der Waals surface area contributed by atoms with Crippen LogP contribution in [0, 0.1) is 0 Å². The van der Waals surface area contributed by atoms with Gasteiger partial charge in [0.2, 0.25) is 5.91 Å². The van der Waals surface area contributed by atoms with Crippen molar-refractivity contribution < 1.29 is 9.90 Å². The van der Waals surface area contributed by atoms with Crippen LogP contribution in [-0.4, -0.2) is 23.7 Å². The van der Waals surface area contributed by atoms with Crippen LogP contribution in [0.2, 0.25) is 0 Å². The van der Waals surface area contributed by atoms with Crippen molar-refractivity contribution in [3.8, 4) is 0 Å². The first-order valence-corrected chi connectivity index (χ1v) is 5.88. The largest absolute Gasteiger partial charge is 0.394 e. The van der Waals surface area contributed by atoms with Gasteiger partial charge in [-0.25, -0.2) is 0 Å². The minimum Gasteiger partial charge on any atom is -0.394 e. The lowest BCUT2D eigenvalue weighted by Gasteiger charge is -2.18. The number of amides is 1. The first-order valence-electron chi connectivity index (χ1n) is 5.88. The molecule has 0 spiro atoms. The molecule has 0 aliphatic heterocycles. The Kier molecular flexibility index (Phi) is 5.66. The van der Waals surface area contributed by atoms with E-state index in [9.17, 15) is 9.90 Å². The van der Waals surface area contributed by atoms with E-state index in [1.165, 1.54) is 0 Å². The number of aliphatic hydroxyl groups excluding tert-OH is 1. The summed E-state index contributed by atoms with van der Waals surface area (Å²) in [7, 11) is 0. The Morgan fingerprint density at radius 2 is 2.06 bits per heavy atom. The molecule has 1 aromatic carbocycles. The molecule has 4 nitrogen and oxygen atoms in total. The molecule has 17 heavy (non-hydrogen) atoms. The number of nitrogens with one attached hydrogen (secondary N) is 1. The summed E-state index contributed by atoms with van der Waals surface area (Å²) >= 11 is 0. The SMILES string of the molecule is CCC(N)CC(=O)N[C@H](CO)c1ccccc1. The summed E-state index contributed by atoms with van der Waals surface area (Å²) in [5.74, 6) is -0.123. The lowest BCUT2D eigenvalue weighted by Crippen LogP contribution is -2.35. The molecule has 0 aromatic heterocycles. The highest BCUT2D eigenvalue weighted by molar-refractivity contribution is 5.77. The van der Waals surface area contributed by atoms with E-state index in [1.54, 1.807) is 0 Å². The quantitative estimate of drug-likeness (QED) is 0.688. The van der Waals surface area contributed by atoms with Gasteiger partial charge in [0, 0.05) is 12.5 Å². The lowest BCUT2D eigenvalue weighted by molar-refractivity contribution is -0.122. The van der Waals surface area contributed by atoms with Crippen LogP contribution in [0.3, 0.4) is 0 Å². The monoisotopic (exact) mass is 236 g/mol. The van der Waals surface area contributed by atoms with E-state index in [0.717, 1.165) is 12.0 Å². The molecule has 4 heteroatoms. The van der Waals surface area contributed by atoms with Crippen LogP contribution in [0.1, 0.15) is 31.4 Å². The zero-order valence-corrected chi connectivity index (χ0v) is 10.1. The summed E-state index contributed by atoms with van der Waals surface area (Å²) in [4.78, 5) is 11.7. The molecule has 0 aliphatic carbocycles. The fourth-order valence-electron chi connectivity index (χ4n) is 1.56. The number of aliphatic hydroxyl groups is 1. The molecular weight excluding hydrogens is 216 g/mol. The van der Waals surface area contributed by atoms with E-state index >= 15 is 0 Å². The normalized spacial score (nSPS) is 14.1. The van der Waals surface area contributed by atoms with E-state index in [4.69, 9.17) is 5.73 Å². The molecule has 2 atom stereocenters. The number of nitrogens with two attached hydrogens (primary N) is 1. The molecule has 0 fully saturated rings. The Balaban J connectivity index is 2.56. The third-order valence-electron chi connectivity index (χ3n) is 2.69. The average molecular weight is 236 g/mol. The molecule has 0 saturated carbocycles. The molecule has 0 bridgehead atoms. The Morgan fingerprint density at radius 3 is 2.59 bits per heavy atom. The molecule has 0 saturated heterocycles. The van der Waals surface area contributed by atoms with Crippen molar-refractivity contribution in [3.05, 3.63) is 35.9 Å². The van der Waals surface area contributed by atoms with E-state index in [0.29, 0.717) is 6.42 Å². The van der Waals surface area contributed by atoms with Crippen LogP contribution in [0.25, 0.3) is 0 Å². The molecule has 0 radical (unpaired) electrons. The molecule has 1 unspecified atom stereocenters. The van der Waals surface area contributed by atoms with Crippen LogP contribution >= 0.6 is 0 Å². The maximum atomic E-state index is 11.7. The van der Waals surface area contributed by atoms with Crippen LogP contribution in [0.15, 0.2) is 30.3 Å². The highest BCUT2D eigenvalue weighted by Gasteiger charge is 2.14. The number of rotatable bonds is 6. The van der Waals surface area contributed by atoms with Gasteiger partial charge >= 0.3 is 0 Å². The van der Waals surface area contributed by atoms with Gasteiger partial charge in [-0.2, -0.15) is 0 Å². The molecule has 1 rings (SSSR count). The predicted molar refractivity (Wildman–Crippen MR) is 67.3 cm³/mol. The average Bonchev–Trinajstić information content (AvgIpc) is 2.36. The molecule has 1 amide bonds. The summed E-state index contributed by atoms with van der Waals surface area (Å²) < 4.78 is 0. The Hall–Kier alpha value is -1.39. The summed E-state index contributed by atoms with van der Waals surface area (Å²) in [5.41, 5.74) is 6.60. The Labute approximate surface area is 102 Å². The zero-order valence-electron chi connectivity index (χ0n) is 10.1. The highest BCUT2D eigenvalue weighted by Crippen LogP contribution is 2.11. The third kappa shape index (κ3) is 4.54. The van der Waals surface area contributed by atoms with E-state index in [1.807, 2.05) is 37.3 Å². The molecule has 0 heterocycles.